The minimum atomic E-state index is 0.287. The highest BCUT2D eigenvalue weighted by atomic mass is 35.5. The summed E-state index contributed by atoms with van der Waals surface area (Å²) in [5.74, 6) is 0.827. The monoisotopic (exact) mass is 242 g/mol. The SMILES string of the molecule is CCCCCCl.OCCCc1ccccc1. The minimum Gasteiger partial charge on any atom is -0.396 e. The molecule has 0 amide bonds. The van der Waals surface area contributed by atoms with E-state index in [0.717, 1.165) is 18.7 Å². The highest BCUT2D eigenvalue weighted by Crippen LogP contribution is 2.00. The molecule has 1 N–H and O–H groups in total. The third-order valence-electron chi connectivity index (χ3n) is 2.20. The molecule has 0 saturated heterocycles. The number of aliphatic hydroxyl groups excluding tert-OH is 1. The highest BCUT2D eigenvalue weighted by Gasteiger charge is 1.88. The van der Waals surface area contributed by atoms with Gasteiger partial charge in [-0.25, -0.2) is 0 Å². The lowest BCUT2D eigenvalue weighted by Gasteiger charge is -1.96. The summed E-state index contributed by atoms with van der Waals surface area (Å²) in [4.78, 5) is 0. The second-order valence-corrected chi connectivity index (χ2v) is 4.09. The second-order valence-electron chi connectivity index (χ2n) is 3.71. The Bertz CT molecular complexity index is 219. The Morgan fingerprint density at radius 1 is 1.06 bits per heavy atom. The first kappa shape index (κ1) is 15.5. The summed E-state index contributed by atoms with van der Waals surface area (Å²) in [6, 6.07) is 10.2. The van der Waals surface area contributed by atoms with Gasteiger partial charge in [0.05, 0.1) is 0 Å². The van der Waals surface area contributed by atoms with Crippen LogP contribution in [0.2, 0.25) is 0 Å². The average Bonchev–Trinajstić information content (AvgIpc) is 2.36. The van der Waals surface area contributed by atoms with Crippen LogP contribution in [0.1, 0.15) is 38.2 Å². The molecule has 0 heterocycles. The van der Waals surface area contributed by atoms with Crippen LogP contribution in [0.15, 0.2) is 30.3 Å². The molecule has 0 unspecified atom stereocenters. The molecule has 0 aliphatic carbocycles. The lowest BCUT2D eigenvalue weighted by Crippen LogP contribution is -1.87. The van der Waals surface area contributed by atoms with Crippen molar-refractivity contribution in [3.8, 4) is 0 Å². The zero-order chi connectivity index (χ0) is 12.1. The van der Waals surface area contributed by atoms with Gasteiger partial charge in [-0.3, -0.25) is 0 Å². The molecule has 0 aromatic heterocycles. The summed E-state index contributed by atoms with van der Waals surface area (Å²) < 4.78 is 0. The van der Waals surface area contributed by atoms with Crippen LogP contribution < -0.4 is 0 Å². The number of hydrogen-bond acceptors (Lipinski definition) is 1. The number of aliphatic hydroxyl groups is 1. The van der Waals surface area contributed by atoms with E-state index in [-0.39, 0.29) is 6.61 Å². The molecule has 0 saturated carbocycles. The first-order valence-electron chi connectivity index (χ1n) is 6.05. The number of hydrogen-bond donors (Lipinski definition) is 1. The molecule has 2 heteroatoms. The lowest BCUT2D eigenvalue weighted by atomic mass is 10.1. The van der Waals surface area contributed by atoms with Crippen molar-refractivity contribution in [2.24, 2.45) is 0 Å². The zero-order valence-electron chi connectivity index (χ0n) is 10.2. The van der Waals surface area contributed by atoms with Crippen molar-refractivity contribution in [1.82, 2.24) is 0 Å². The Morgan fingerprint density at radius 3 is 2.19 bits per heavy atom. The van der Waals surface area contributed by atoms with Crippen molar-refractivity contribution in [3.05, 3.63) is 35.9 Å². The maximum Gasteiger partial charge on any atom is 0.0434 e. The van der Waals surface area contributed by atoms with E-state index in [2.05, 4.69) is 19.1 Å². The van der Waals surface area contributed by atoms with Crippen molar-refractivity contribution >= 4 is 11.6 Å². The van der Waals surface area contributed by atoms with Crippen molar-refractivity contribution in [3.63, 3.8) is 0 Å². The maximum atomic E-state index is 8.53. The summed E-state index contributed by atoms with van der Waals surface area (Å²) in [6.07, 6.45) is 5.58. The van der Waals surface area contributed by atoms with Crippen LogP contribution >= 0.6 is 11.6 Å². The lowest BCUT2D eigenvalue weighted by molar-refractivity contribution is 0.288. The quantitative estimate of drug-likeness (QED) is 0.590. The fourth-order valence-corrected chi connectivity index (χ4v) is 1.46. The molecule has 0 spiro atoms. The molecule has 0 aliphatic rings. The Morgan fingerprint density at radius 2 is 1.75 bits per heavy atom. The molecular formula is C14H23ClO. The van der Waals surface area contributed by atoms with E-state index in [4.69, 9.17) is 16.7 Å². The number of halogens is 1. The fraction of sp³-hybridized carbons (Fsp3) is 0.571. The Balaban J connectivity index is 0.000000325. The number of unbranched alkanes of at least 4 members (excludes halogenated alkanes) is 2. The maximum absolute atomic E-state index is 8.53. The van der Waals surface area contributed by atoms with Crippen molar-refractivity contribution in [2.45, 2.75) is 39.0 Å². The van der Waals surface area contributed by atoms with Crippen LogP contribution in [-0.4, -0.2) is 17.6 Å². The number of alkyl halides is 1. The van der Waals surface area contributed by atoms with Crippen LogP contribution in [-0.2, 0) is 6.42 Å². The van der Waals surface area contributed by atoms with Gasteiger partial charge < -0.3 is 5.11 Å². The smallest absolute Gasteiger partial charge is 0.0434 e. The molecule has 1 aromatic carbocycles. The molecule has 0 fully saturated rings. The van der Waals surface area contributed by atoms with E-state index in [0.29, 0.717) is 0 Å². The summed E-state index contributed by atoms with van der Waals surface area (Å²) in [5.41, 5.74) is 1.30. The molecule has 0 radical (unpaired) electrons. The Kier molecular flexibility index (Phi) is 12.1. The van der Waals surface area contributed by atoms with Gasteiger partial charge in [-0.2, -0.15) is 0 Å². The van der Waals surface area contributed by atoms with Gasteiger partial charge in [-0.15, -0.1) is 11.6 Å². The topological polar surface area (TPSA) is 20.2 Å². The average molecular weight is 243 g/mol. The molecule has 0 aliphatic heterocycles. The van der Waals surface area contributed by atoms with Gasteiger partial charge in [0.15, 0.2) is 0 Å². The first-order valence-corrected chi connectivity index (χ1v) is 6.59. The van der Waals surface area contributed by atoms with E-state index >= 15 is 0 Å². The van der Waals surface area contributed by atoms with Crippen molar-refractivity contribution < 1.29 is 5.11 Å². The van der Waals surface area contributed by atoms with Crippen LogP contribution in [0.5, 0.6) is 0 Å². The normalized spacial score (nSPS) is 9.44. The standard InChI is InChI=1S/C9H12O.C5H11Cl/c10-8-4-7-9-5-2-1-3-6-9;1-2-3-4-5-6/h1-3,5-6,10H,4,7-8H2;2-5H2,1H3. The molecule has 1 aromatic rings. The molecule has 1 nitrogen and oxygen atoms in total. The van der Waals surface area contributed by atoms with Crippen LogP contribution in [0.3, 0.4) is 0 Å². The van der Waals surface area contributed by atoms with Crippen molar-refractivity contribution in [1.29, 1.82) is 0 Å². The van der Waals surface area contributed by atoms with E-state index < -0.39 is 0 Å². The van der Waals surface area contributed by atoms with Crippen molar-refractivity contribution in [2.75, 3.05) is 12.5 Å². The second kappa shape index (κ2) is 12.5. The largest absolute Gasteiger partial charge is 0.396 e. The molecule has 16 heavy (non-hydrogen) atoms. The summed E-state index contributed by atoms with van der Waals surface area (Å²) in [6.45, 7) is 2.46. The fourth-order valence-electron chi connectivity index (χ4n) is 1.27. The number of benzene rings is 1. The third kappa shape index (κ3) is 10.0. The van der Waals surface area contributed by atoms with E-state index in [1.54, 1.807) is 0 Å². The first-order chi connectivity index (χ1) is 7.85. The highest BCUT2D eigenvalue weighted by molar-refractivity contribution is 6.17. The molecule has 0 bridgehead atoms. The molecular weight excluding hydrogens is 220 g/mol. The van der Waals surface area contributed by atoms with E-state index in [9.17, 15) is 0 Å². The van der Waals surface area contributed by atoms with E-state index in [1.807, 2.05) is 18.2 Å². The predicted molar refractivity (Wildman–Crippen MR) is 72.1 cm³/mol. The number of aryl methyl sites for hydroxylation is 1. The summed E-state index contributed by atoms with van der Waals surface area (Å²) in [5, 5.41) is 8.53. The van der Waals surface area contributed by atoms with Gasteiger partial charge in [-0.1, -0.05) is 50.1 Å². The van der Waals surface area contributed by atoms with Gasteiger partial charge in [0, 0.05) is 12.5 Å². The molecule has 92 valence electrons. The minimum absolute atomic E-state index is 0.287. The Labute approximate surface area is 104 Å². The van der Waals surface area contributed by atoms with Crippen LogP contribution in [0, 0.1) is 0 Å². The number of rotatable bonds is 6. The van der Waals surface area contributed by atoms with Crippen LogP contribution in [0.25, 0.3) is 0 Å². The summed E-state index contributed by atoms with van der Waals surface area (Å²) in [7, 11) is 0. The van der Waals surface area contributed by atoms with Gasteiger partial charge in [0.1, 0.15) is 0 Å². The van der Waals surface area contributed by atoms with Gasteiger partial charge in [0.25, 0.3) is 0 Å². The van der Waals surface area contributed by atoms with Gasteiger partial charge in [-0.05, 0) is 24.8 Å². The predicted octanol–water partition coefficient (Wildman–Crippen LogP) is 4.03. The zero-order valence-corrected chi connectivity index (χ0v) is 10.9. The molecule has 1 rings (SSSR count). The van der Waals surface area contributed by atoms with E-state index in [1.165, 1.54) is 24.8 Å². The Hall–Kier alpha value is -0.530. The summed E-state index contributed by atoms with van der Waals surface area (Å²) >= 11 is 5.38. The van der Waals surface area contributed by atoms with Gasteiger partial charge >= 0.3 is 0 Å². The van der Waals surface area contributed by atoms with Crippen LogP contribution in [0.4, 0.5) is 0 Å². The molecule has 0 atom stereocenters. The van der Waals surface area contributed by atoms with Gasteiger partial charge in [0.2, 0.25) is 0 Å². The third-order valence-corrected chi connectivity index (χ3v) is 2.47.